The lowest BCUT2D eigenvalue weighted by Gasteiger charge is -2.06. The van der Waals surface area contributed by atoms with Crippen molar-refractivity contribution in [2.45, 2.75) is 12.8 Å². The van der Waals surface area contributed by atoms with E-state index >= 15 is 0 Å². The van der Waals surface area contributed by atoms with Gasteiger partial charge in [-0.3, -0.25) is 0 Å². The maximum absolute atomic E-state index is 12.9. The van der Waals surface area contributed by atoms with Crippen molar-refractivity contribution < 1.29 is 4.39 Å². The Morgan fingerprint density at radius 1 is 1.50 bits per heavy atom. The average Bonchev–Trinajstić information content (AvgIpc) is 2.59. The molecule has 1 atom stereocenters. The summed E-state index contributed by atoms with van der Waals surface area (Å²) >= 11 is 1.58. The Hall–Kier alpha value is -0.930. The van der Waals surface area contributed by atoms with Gasteiger partial charge in [-0.05, 0) is 40.9 Å². The molecular weight excluding hydrogens is 197 g/mol. The summed E-state index contributed by atoms with van der Waals surface area (Å²) < 4.78 is 13.9. The van der Waals surface area contributed by atoms with Gasteiger partial charge in [-0.1, -0.05) is 13.0 Å². The molecule has 0 bridgehead atoms. The second kappa shape index (κ2) is 3.67. The number of fused-ring (bicyclic) bond motifs is 1. The number of benzene rings is 1. The molecule has 0 aliphatic heterocycles. The van der Waals surface area contributed by atoms with Crippen molar-refractivity contribution in [2.75, 3.05) is 6.54 Å². The number of hydrogen-bond donors (Lipinski definition) is 1. The van der Waals surface area contributed by atoms with Crippen molar-refractivity contribution in [2.24, 2.45) is 5.73 Å². The summed E-state index contributed by atoms with van der Waals surface area (Å²) in [6, 6.07) is 4.91. The molecule has 2 N–H and O–H groups in total. The van der Waals surface area contributed by atoms with Gasteiger partial charge in [0.25, 0.3) is 0 Å². The highest BCUT2D eigenvalue weighted by Gasteiger charge is 2.10. The van der Waals surface area contributed by atoms with Crippen LogP contribution < -0.4 is 5.73 Å². The van der Waals surface area contributed by atoms with E-state index in [1.54, 1.807) is 17.4 Å². The second-order valence-corrected chi connectivity index (χ2v) is 4.38. The molecule has 74 valence electrons. The van der Waals surface area contributed by atoms with E-state index in [-0.39, 0.29) is 5.82 Å². The van der Waals surface area contributed by atoms with Gasteiger partial charge in [-0.2, -0.15) is 0 Å². The van der Waals surface area contributed by atoms with Gasteiger partial charge in [0.2, 0.25) is 0 Å². The van der Waals surface area contributed by atoms with Gasteiger partial charge in [-0.15, -0.1) is 11.3 Å². The van der Waals surface area contributed by atoms with E-state index in [4.69, 9.17) is 5.73 Å². The standard InChI is InChI=1S/C11H12FNS/c1-7(5-13)10-6-14-11-4-8(12)2-3-9(10)11/h2-4,6-7H,5,13H2,1H3. The average molecular weight is 209 g/mol. The highest BCUT2D eigenvalue weighted by atomic mass is 32.1. The first-order valence-electron chi connectivity index (χ1n) is 4.59. The van der Waals surface area contributed by atoms with Crippen LogP contribution in [0.3, 0.4) is 0 Å². The Bertz CT molecular complexity index is 449. The number of thiophene rings is 1. The minimum absolute atomic E-state index is 0.175. The summed E-state index contributed by atoms with van der Waals surface area (Å²) in [6.45, 7) is 2.72. The Morgan fingerprint density at radius 2 is 2.29 bits per heavy atom. The van der Waals surface area contributed by atoms with Crippen molar-refractivity contribution in [1.29, 1.82) is 0 Å². The van der Waals surface area contributed by atoms with Crippen molar-refractivity contribution in [1.82, 2.24) is 0 Å². The normalized spacial score (nSPS) is 13.4. The van der Waals surface area contributed by atoms with Gasteiger partial charge >= 0.3 is 0 Å². The van der Waals surface area contributed by atoms with Crippen LogP contribution in [0.4, 0.5) is 4.39 Å². The maximum atomic E-state index is 12.9. The molecule has 2 rings (SSSR count). The van der Waals surface area contributed by atoms with E-state index in [0.29, 0.717) is 12.5 Å². The van der Waals surface area contributed by atoms with Crippen molar-refractivity contribution >= 4 is 21.4 Å². The maximum Gasteiger partial charge on any atom is 0.124 e. The first-order chi connectivity index (χ1) is 6.72. The molecule has 0 saturated carbocycles. The van der Waals surface area contributed by atoms with E-state index < -0.39 is 0 Å². The zero-order chi connectivity index (χ0) is 10.1. The molecular formula is C11H12FNS. The topological polar surface area (TPSA) is 26.0 Å². The quantitative estimate of drug-likeness (QED) is 0.808. The van der Waals surface area contributed by atoms with E-state index in [1.165, 1.54) is 11.6 Å². The highest BCUT2D eigenvalue weighted by Crippen LogP contribution is 2.31. The van der Waals surface area contributed by atoms with E-state index in [2.05, 4.69) is 12.3 Å². The fourth-order valence-corrected chi connectivity index (χ4v) is 2.64. The highest BCUT2D eigenvalue weighted by molar-refractivity contribution is 7.17. The summed E-state index contributed by atoms with van der Waals surface area (Å²) in [5, 5.41) is 3.20. The fraction of sp³-hybridized carbons (Fsp3) is 0.273. The van der Waals surface area contributed by atoms with Crippen molar-refractivity contribution in [3.05, 3.63) is 35.0 Å². The molecule has 0 saturated heterocycles. The van der Waals surface area contributed by atoms with Crippen molar-refractivity contribution in [3.8, 4) is 0 Å². The predicted molar refractivity (Wildman–Crippen MR) is 59.3 cm³/mol. The van der Waals surface area contributed by atoms with Crippen LogP contribution in [0.15, 0.2) is 23.6 Å². The van der Waals surface area contributed by atoms with Crippen LogP contribution >= 0.6 is 11.3 Å². The molecule has 1 aromatic carbocycles. The zero-order valence-corrected chi connectivity index (χ0v) is 8.77. The Kier molecular flexibility index (Phi) is 2.52. The third-order valence-electron chi connectivity index (χ3n) is 2.45. The molecule has 2 aromatic rings. The Labute approximate surface area is 86.4 Å². The molecule has 1 unspecified atom stereocenters. The number of rotatable bonds is 2. The van der Waals surface area contributed by atoms with Crippen LogP contribution in [0.25, 0.3) is 10.1 Å². The molecule has 0 aliphatic carbocycles. The van der Waals surface area contributed by atoms with Gasteiger partial charge in [0, 0.05) is 4.70 Å². The summed E-state index contributed by atoms with van der Waals surface area (Å²) in [5.41, 5.74) is 6.84. The van der Waals surface area contributed by atoms with Gasteiger partial charge < -0.3 is 5.73 Å². The molecule has 1 aromatic heterocycles. The minimum Gasteiger partial charge on any atom is -0.330 e. The first-order valence-corrected chi connectivity index (χ1v) is 5.47. The summed E-state index contributed by atoms with van der Waals surface area (Å²) in [7, 11) is 0. The molecule has 0 amide bonds. The SMILES string of the molecule is CC(CN)c1csc2cc(F)ccc12. The Morgan fingerprint density at radius 3 is 3.00 bits per heavy atom. The molecule has 0 aliphatic rings. The van der Waals surface area contributed by atoms with Gasteiger partial charge in [0.05, 0.1) is 0 Å². The third kappa shape index (κ3) is 1.53. The van der Waals surface area contributed by atoms with Crippen LogP contribution in [0.2, 0.25) is 0 Å². The number of nitrogens with two attached hydrogens (primary N) is 1. The summed E-state index contributed by atoms with van der Waals surface area (Å²) in [5.74, 6) is 0.167. The second-order valence-electron chi connectivity index (χ2n) is 3.47. The zero-order valence-electron chi connectivity index (χ0n) is 7.96. The third-order valence-corrected chi connectivity index (χ3v) is 3.42. The lowest BCUT2D eigenvalue weighted by atomic mass is 10.0. The van der Waals surface area contributed by atoms with Crippen LogP contribution in [0, 0.1) is 5.82 Å². The van der Waals surface area contributed by atoms with Gasteiger partial charge in [0.1, 0.15) is 5.82 Å². The minimum atomic E-state index is -0.175. The Balaban J connectivity index is 2.58. The van der Waals surface area contributed by atoms with E-state index in [1.807, 2.05) is 6.07 Å². The van der Waals surface area contributed by atoms with Crippen LogP contribution in [-0.4, -0.2) is 6.54 Å². The van der Waals surface area contributed by atoms with E-state index in [9.17, 15) is 4.39 Å². The van der Waals surface area contributed by atoms with Crippen LogP contribution in [0.5, 0.6) is 0 Å². The molecule has 0 spiro atoms. The molecule has 1 heterocycles. The van der Waals surface area contributed by atoms with Crippen LogP contribution in [-0.2, 0) is 0 Å². The molecule has 0 fully saturated rings. The fourth-order valence-electron chi connectivity index (χ4n) is 1.53. The number of hydrogen-bond acceptors (Lipinski definition) is 2. The molecule has 14 heavy (non-hydrogen) atoms. The van der Waals surface area contributed by atoms with E-state index in [0.717, 1.165) is 10.1 Å². The lowest BCUT2D eigenvalue weighted by molar-refractivity contribution is 0.630. The molecule has 0 radical (unpaired) electrons. The predicted octanol–water partition coefficient (Wildman–Crippen LogP) is 3.10. The first kappa shape index (κ1) is 9.62. The lowest BCUT2D eigenvalue weighted by Crippen LogP contribution is -2.08. The number of halogens is 1. The van der Waals surface area contributed by atoms with Crippen molar-refractivity contribution in [3.63, 3.8) is 0 Å². The summed E-state index contributed by atoms with van der Waals surface area (Å²) in [4.78, 5) is 0. The molecule has 1 nitrogen and oxygen atoms in total. The van der Waals surface area contributed by atoms with Gasteiger partial charge in [-0.25, -0.2) is 4.39 Å². The monoisotopic (exact) mass is 209 g/mol. The largest absolute Gasteiger partial charge is 0.330 e. The molecule has 3 heteroatoms. The summed E-state index contributed by atoms with van der Waals surface area (Å²) in [6.07, 6.45) is 0. The smallest absolute Gasteiger partial charge is 0.124 e. The van der Waals surface area contributed by atoms with Crippen LogP contribution in [0.1, 0.15) is 18.4 Å². The van der Waals surface area contributed by atoms with Gasteiger partial charge in [0.15, 0.2) is 0 Å².